The molecule has 0 amide bonds. The molecule has 1 aliphatic heterocycles. The molecule has 1 heterocycles. The molecular formula is C13H17F3N2O. The second kappa shape index (κ2) is 4.92. The predicted molar refractivity (Wildman–Crippen MR) is 68.1 cm³/mol. The van der Waals surface area contributed by atoms with Crippen molar-refractivity contribution < 1.29 is 17.9 Å². The Morgan fingerprint density at radius 2 is 1.74 bits per heavy atom. The SMILES string of the molecule is C[C@H]1CN(c2cc(N)cc(C(F)(F)F)c2)C[C@H](C)O1. The van der Waals surface area contributed by atoms with Crippen molar-refractivity contribution in [2.24, 2.45) is 0 Å². The van der Waals surface area contributed by atoms with Gasteiger partial charge in [0.25, 0.3) is 0 Å². The topological polar surface area (TPSA) is 38.5 Å². The molecule has 1 aromatic rings. The molecule has 1 saturated heterocycles. The van der Waals surface area contributed by atoms with Crippen molar-refractivity contribution in [3.05, 3.63) is 23.8 Å². The largest absolute Gasteiger partial charge is 0.416 e. The maximum absolute atomic E-state index is 12.8. The van der Waals surface area contributed by atoms with Gasteiger partial charge in [-0.25, -0.2) is 0 Å². The Morgan fingerprint density at radius 3 is 2.26 bits per heavy atom. The highest BCUT2D eigenvalue weighted by Gasteiger charge is 2.32. The summed E-state index contributed by atoms with van der Waals surface area (Å²) in [6.07, 6.45) is -4.41. The first-order valence-corrected chi connectivity index (χ1v) is 6.14. The van der Waals surface area contributed by atoms with E-state index in [-0.39, 0.29) is 17.9 Å². The summed E-state index contributed by atoms with van der Waals surface area (Å²) in [4.78, 5) is 1.88. The number of nitrogens with zero attached hydrogens (tertiary/aromatic N) is 1. The molecule has 0 bridgehead atoms. The van der Waals surface area contributed by atoms with Crippen LogP contribution in [0.2, 0.25) is 0 Å². The highest BCUT2D eigenvalue weighted by molar-refractivity contribution is 5.59. The molecule has 1 aromatic carbocycles. The zero-order valence-corrected chi connectivity index (χ0v) is 10.9. The average molecular weight is 274 g/mol. The average Bonchev–Trinajstić information content (AvgIpc) is 2.25. The zero-order valence-electron chi connectivity index (χ0n) is 10.9. The molecule has 2 rings (SSSR count). The van der Waals surface area contributed by atoms with Crippen molar-refractivity contribution in [2.75, 3.05) is 23.7 Å². The number of halogens is 3. The molecule has 2 atom stereocenters. The van der Waals surface area contributed by atoms with E-state index in [4.69, 9.17) is 10.5 Å². The van der Waals surface area contributed by atoms with E-state index < -0.39 is 11.7 Å². The van der Waals surface area contributed by atoms with Crippen LogP contribution >= 0.6 is 0 Å². The molecule has 6 heteroatoms. The maximum atomic E-state index is 12.8. The minimum Gasteiger partial charge on any atom is -0.399 e. The van der Waals surface area contributed by atoms with Crippen molar-refractivity contribution in [1.82, 2.24) is 0 Å². The van der Waals surface area contributed by atoms with E-state index in [9.17, 15) is 13.2 Å². The lowest BCUT2D eigenvalue weighted by Crippen LogP contribution is -2.45. The van der Waals surface area contributed by atoms with Crippen LogP contribution in [-0.2, 0) is 10.9 Å². The molecule has 1 fully saturated rings. The Bertz CT molecular complexity index is 452. The number of anilines is 2. The molecule has 19 heavy (non-hydrogen) atoms. The number of ether oxygens (including phenoxy) is 1. The van der Waals surface area contributed by atoms with Crippen LogP contribution in [0.1, 0.15) is 19.4 Å². The van der Waals surface area contributed by atoms with Crippen LogP contribution < -0.4 is 10.6 Å². The van der Waals surface area contributed by atoms with Crippen molar-refractivity contribution in [1.29, 1.82) is 0 Å². The van der Waals surface area contributed by atoms with E-state index >= 15 is 0 Å². The van der Waals surface area contributed by atoms with Crippen molar-refractivity contribution in [3.8, 4) is 0 Å². The van der Waals surface area contributed by atoms with Crippen LogP contribution in [0, 0.1) is 0 Å². The maximum Gasteiger partial charge on any atom is 0.416 e. The van der Waals surface area contributed by atoms with Crippen molar-refractivity contribution in [3.63, 3.8) is 0 Å². The number of hydrogen-bond acceptors (Lipinski definition) is 3. The summed E-state index contributed by atoms with van der Waals surface area (Å²) >= 11 is 0. The lowest BCUT2D eigenvalue weighted by atomic mass is 10.1. The summed E-state index contributed by atoms with van der Waals surface area (Å²) in [6, 6.07) is 3.66. The molecule has 3 nitrogen and oxygen atoms in total. The van der Waals surface area contributed by atoms with Crippen LogP contribution in [0.5, 0.6) is 0 Å². The molecule has 0 aliphatic carbocycles. The van der Waals surface area contributed by atoms with E-state index in [1.165, 1.54) is 0 Å². The van der Waals surface area contributed by atoms with Crippen LogP contribution in [0.4, 0.5) is 24.5 Å². The normalized spacial score (nSPS) is 24.6. The summed E-state index contributed by atoms with van der Waals surface area (Å²) in [5.41, 5.74) is 5.48. The first-order chi connectivity index (χ1) is 8.75. The number of morpholine rings is 1. The van der Waals surface area contributed by atoms with Gasteiger partial charge in [0.05, 0.1) is 17.8 Å². The summed E-state index contributed by atoms with van der Waals surface area (Å²) in [5.74, 6) is 0. The number of benzene rings is 1. The first-order valence-electron chi connectivity index (χ1n) is 6.14. The molecule has 2 N–H and O–H groups in total. The van der Waals surface area contributed by atoms with Gasteiger partial charge in [-0.1, -0.05) is 0 Å². The molecule has 1 aliphatic rings. The summed E-state index contributed by atoms with van der Waals surface area (Å²) < 4.78 is 43.9. The first kappa shape index (κ1) is 14.0. The lowest BCUT2D eigenvalue weighted by molar-refractivity contribution is -0.137. The van der Waals surface area contributed by atoms with Gasteiger partial charge in [-0.3, -0.25) is 0 Å². The predicted octanol–water partition coefficient (Wildman–Crippen LogP) is 2.90. The molecule has 0 radical (unpaired) electrons. The third-order valence-corrected chi connectivity index (χ3v) is 3.05. The highest BCUT2D eigenvalue weighted by Crippen LogP contribution is 2.34. The number of hydrogen-bond donors (Lipinski definition) is 1. The molecule has 0 saturated carbocycles. The van der Waals surface area contributed by atoms with Crippen LogP contribution in [0.3, 0.4) is 0 Å². The standard InChI is InChI=1S/C13H17F3N2O/c1-8-6-18(7-9(2)19-8)12-4-10(13(14,15)16)3-11(17)5-12/h3-5,8-9H,6-7,17H2,1-2H3/t8-,9-/m0/s1. The van der Waals surface area contributed by atoms with Gasteiger partial charge in [0.1, 0.15) is 0 Å². The Kier molecular flexibility index (Phi) is 3.62. The van der Waals surface area contributed by atoms with Crippen molar-refractivity contribution >= 4 is 11.4 Å². The Labute approximate surface area is 110 Å². The van der Waals surface area contributed by atoms with E-state index in [2.05, 4.69) is 0 Å². The third-order valence-electron chi connectivity index (χ3n) is 3.05. The molecular weight excluding hydrogens is 257 g/mol. The minimum atomic E-state index is -4.38. The number of rotatable bonds is 1. The number of nitrogen functional groups attached to an aromatic ring is 1. The van der Waals surface area contributed by atoms with Gasteiger partial charge in [0, 0.05) is 24.5 Å². The zero-order chi connectivity index (χ0) is 14.2. The summed E-state index contributed by atoms with van der Waals surface area (Å²) in [5, 5.41) is 0. The molecule has 106 valence electrons. The van der Waals surface area contributed by atoms with E-state index in [1.54, 1.807) is 6.07 Å². The summed E-state index contributed by atoms with van der Waals surface area (Å²) in [6.45, 7) is 4.93. The van der Waals surface area contributed by atoms with Crippen LogP contribution in [-0.4, -0.2) is 25.3 Å². The molecule has 0 spiro atoms. The van der Waals surface area contributed by atoms with Gasteiger partial charge < -0.3 is 15.4 Å². The van der Waals surface area contributed by atoms with Gasteiger partial charge >= 0.3 is 6.18 Å². The fourth-order valence-electron chi connectivity index (χ4n) is 2.37. The monoisotopic (exact) mass is 274 g/mol. The summed E-state index contributed by atoms with van der Waals surface area (Å²) in [7, 11) is 0. The quantitative estimate of drug-likeness (QED) is 0.800. The fourth-order valence-corrected chi connectivity index (χ4v) is 2.37. The Hall–Kier alpha value is -1.43. The molecule has 0 aromatic heterocycles. The van der Waals surface area contributed by atoms with E-state index in [0.29, 0.717) is 18.8 Å². The van der Waals surface area contributed by atoms with Gasteiger partial charge in [0.2, 0.25) is 0 Å². The Morgan fingerprint density at radius 1 is 1.16 bits per heavy atom. The van der Waals surface area contributed by atoms with E-state index in [0.717, 1.165) is 12.1 Å². The van der Waals surface area contributed by atoms with Gasteiger partial charge in [-0.2, -0.15) is 13.2 Å². The smallest absolute Gasteiger partial charge is 0.399 e. The number of nitrogens with two attached hydrogens (primary N) is 1. The third kappa shape index (κ3) is 3.32. The van der Waals surface area contributed by atoms with Gasteiger partial charge in [-0.05, 0) is 32.0 Å². The van der Waals surface area contributed by atoms with Crippen LogP contribution in [0.15, 0.2) is 18.2 Å². The number of alkyl halides is 3. The fraction of sp³-hybridized carbons (Fsp3) is 0.538. The van der Waals surface area contributed by atoms with E-state index in [1.807, 2.05) is 18.7 Å². The minimum absolute atomic E-state index is 0.0143. The second-order valence-corrected chi connectivity index (χ2v) is 4.97. The van der Waals surface area contributed by atoms with Crippen molar-refractivity contribution in [2.45, 2.75) is 32.2 Å². The molecule has 0 unspecified atom stereocenters. The lowest BCUT2D eigenvalue weighted by Gasteiger charge is -2.37. The van der Waals surface area contributed by atoms with Gasteiger partial charge in [-0.15, -0.1) is 0 Å². The Balaban J connectivity index is 2.31. The highest BCUT2D eigenvalue weighted by atomic mass is 19.4. The van der Waals surface area contributed by atoms with Gasteiger partial charge in [0.15, 0.2) is 0 Å². The second-order valence-electron chi connectivity index (χ2n) is 4.97. The van der Waals surface area contributed by atoms with Crippen LogP contribution in [0.25, 0.3) is 0 Å².